The topological polar surface area (TPSA) is 87.0 Å². The van der Waals surface area contributed by atoms with Gasteiger partial charge in [-0.1, -0.05) is 32.0 Å². The molecule has 1 atom stereocenters. The first-order valence-electron chi connectivity index (χ1n) is 11.1. The molecule has 0 bridgehead atoms. The molecule has 1 aromatic carbocycles. The Bertz CT molecular complexity index is 1040. The van der Waals surface area contributed by atoms with E-state index in [2.05, 4.69) is 58.1 Å². The summed E-state index contributed by atoms with van der Waals surface area (Å²) in [5, 5.41) is 7.77. The number of rotatable bonds is 4. The zero-order valence-corrected chi connectivity index (χ0v) is 19.2. The van der Waals surface area contributed by atoms with E-state index in [9.17, 15) is 0 Å². The first-order chi connectivity index (χ1) is 14.6. The fourth-order valence-corrected chi connectivity index (χ4v) is 4.88. The van der Waals surface area contributed by atoms with E-state index < -0.39 is 0 Å². The summed E-state index contributed by atoms with van der Waals surface area (Å²) in [6.07, 6.45) is 6.35. The smallest absolute Gasteiger partial charge is 0.183 e. The van der Waals surface area contributed by atoms with Crippen molar-refractivity contribution >= 4 is 40.9 Å². The lowest BCUT2D eigenvalue weighted by molar-refractivity contribution is 0.258. The third-order valence-corrected chi connectivity index (χ3v) is 7.14. The second-order valence-corrected chi connectivity index (χ2v) is 9.08. The molecule has 0 radical (unpaired) electrons. The predicted octanol–water partition coefficient (Wildman–Crippen LogP) is 4.38. The van der Waals surface area contributed by atoms with Gasteiger partial charge in [0.25, 0.3) is 0 Å². The number of hydrogen-bond acceptors (Lipinski definition) is 6. The molecule has 5 rings (SSSR count). The van der Waals surface area contributed by atoms with Crippen molar-refractivity contribution in [2.24, 2.45) is 11.1 Å². The molecule has 0 saturated carbocycles. The van der Waals surface area contributed by atoms with Crippen molar-refractivity contribution < 1.29 is 0 Å². The molecular formula is C23H32ClN7. The number of halogens is 1. The van der Waals surface area contributed by atoms with E-state index in [1.165, 1.54) is 11.3 Å². The van der Waals surface area contributed by atoms with Crippen LogP contribution in [0.3, 0.4) is 0 Å². The fraction of sp³-hybridized carbons (Fsp3) is 0.522. The zero-order valence-electron chi connectivity index (χ0n) is 18.3. The fourth-order valence-electron chi connectivity index (χ4n) is 4.88. The van der Waals surface area contributed by atoms with Gasteiger partial charge < -0.3 is 15.5 Å². The molecule has 2 aromatic heterocycles. The maximum absolute atomic E-state index is 5.96. The number of hydrogen-bond donors (Lipinski definition) is 2. The molecule has 0 spiro atoms. The van der Waals surface area contributed by atoms with Crippen LogP contribution in [-0.4, -0.2) is 46.3 Å². The van der Waals surface area contributed by atoms with E-state index in [1.54, 1.807) is 0 Å². The van der Waals surface area contributed by atoms with Crippen LogP contribution in [0.25, 0.3) is 11.2 Å². The van der Waals surface area contributed by atoms with Crippen LogP contribution in [-0.2, 0) is 0 Å². The summed E-state index contributed by atoms with van der Waals surface area (Å²) in [6, 6.07) is 8.68. The van der Waals surface area contributed by atoms with Crippen LogP contribution in [0.5, 0.6) is 0 Å². The number of H-pyrrole nitrogens is 1. The van der Waals surface area contributed by atoms with Crippen molar-refractivity contribution in [1.82, 2.24) is 20.2 Å². The Morgan fingerprint density at radius 3 is 2.71 bits per heavy atom. The van der Waals surface area contributed by atoms with Gasteiger partial charge in [0, 0.05) is 25.3 Å². The number of fused-ring (bicyclic) bond motifs is 2. The molecule has 0 aliphatic carbocycles. The lowest BCUT2D eigenvalue weighted by atomic mass is 9.80. The van der Waals surface area contributed by atoms with Crippen molar-refractivity contribution in [2.75, 3.05) is 36.0 Å². The Balaban J connectivity index is 0.00000231. The first kappa shape index (κ1) is 21.8. The molecule has 31 heavy (non-hydrogen) atoms. The largest absolute Gasteiger partial charge is 0.355 e. The second kappa shape index (κ2) is 8.63. The summed E-state index contributed by atoms with van der Waals surface area (Å²) in [5.74, 6) is 2.40. The van der Waals surface area contributed by atoms with Crippen molar-refractivity contribution in [1.29, 1.82) is 0 Å². The van der Waals surface area contributed by atoms with E-state index in [-0.39, 0.29) is 17.8 Å². The molecular weight excluding hydrogens is 410 g/mol. The maximum atomic E-state index is 5.96. The minimum absolute atomic E-state index is 0. The van der Waals surface area contributed by atoms with E-state index in [1.807, 2.05) is 6.20 Å². The van der Waals surface area contributed by atoms with Gasteiger partial charge in [-0.3, -0.25) is 5.10 Å². The van der Waals surface area contributed by atoms with Crippen LogP contribution in [0, 0.1) is 5.41 Å². The van der Waals surface area contributed by atoms with Crippen molar-refractivity contribution in [3.63, 3.8) is 0 Å². The van der Waals surface area contributed by atoms with Gasteiger partial charge in [0.1, 0.15) is 5.82 Å². The van der Waals surface area contributed by atoms with Gasteiger partial charge in [0.05, 0.1) is 6.20 Å². The van der Waals surface area contributed by atoms with Gasteiger partial charge in [0.2, 0.25) is 0 Å². The van der Waals surface area contributed by atoms with Crippen molar-refractivity contribution in [3.8, 4) is 0 Å². The molecule has 0 unspecified atom stereocenters. The summed E-state index contributed by atoms with van der Waals surface area (Å²) in [7, 11) is 0. The monoisotopic (exact) mass is 441 g/mol. The summed E-state index contributed by atoms with van der Waals surface area (Å²) < 4.78 is 0. The minimum Gasteiger partial charge on any atom is -0.355 e. The highest BCUT2D eigenvalue weighted by atomic mass is 35.5. The molecule has 7 nitrogen and oxygen atoms in total. The summed E-state index contributed by atoms with van der Waals surface area (Å²) >= 11 is 0. The lowest BCUT2D eigenvalue weighted by Gasteiger charge is -2.39. The predicted molar refractivity (Wildman–Crippen MR) is 129 cm³/mol. The molecule has 3 N–H and O–H groups in total. The molecule has 166 valence electrons. The molecule has 2 aliphatic heterocycles. The highest BCUT2D eigenvalue weighted by Crippen LogP contribution is 2.41. The lowest BCUT2D eigenvalue weighted by Crippen LogP contribution is -2.42. The maximum Gasteiger partial charge on any atom is 0.183 e. The van der Waals surface area contributed by atoms with Gasteiger partial charge >= 0.3 is 0 Å². The average molecular weight is 442 g/mol. The quantitative estimate of drug-likeness (QED) is 0.624. The third-order valence-electron chi connectivity index (χ3n) is 7.14. The van der Waals surface area contributed by atoms with Crippen LogP contribution < -0.4 is 15.5 Å². The highest BCUT2D eigenvalue weighted by Gasteiger charge is 2.30. The van der Waals surface area contributed by atoms with E-state index in [4.69, 9.17) is 15.7 Å². The van der Waals surface area contributed by atoms with E-state index >= 15 is 0 Å². The summed E-state index contributed by atoms with van der Waals surface area (Å²) in [5.41, 5.74) is 10.4. The molecule has 3 aromatic rings. The standard InChI is InChI=1S/C23H31N7.ClH/c1-3-16-8-11-30(18-7-5-4-6-17(16)18)22-20-21(27-28-22)26-19(14-25-20)29-12-9-23(2,15-24)10-13-29;/h4-7,14,16H,3,8-13,15,24H2,1-2H3,(H,26,27,28);1H/t16-;/m0./s1. The number of nitrogens with one attached hydrogen (secondary N) is 1. The molecule has 2 aliphatic rings. The number of benzene rings is 1. The zero-order chi connectivity index (χ0) is 20.7. The SMILES string of the molecule is CC[C@H]1CCN(c2n[nH]c3nc(N4CCC(C)(CN)CC4)cnc23)c2ccccc21.Cl. The summed E-state index contributed by atoms with van der Waals surface area (Å²) in [4.78, 5) is 14.3. The number of aromatic nitrogens is 4. The molecule has 1 saturated heterocycles. The van der Waals surface area contributed by atoms with E-state index in [0.29, 0.717) is 5.92 Å². The molecule has 8 heteroatoms. The van der Waals surface area contributed by atoms with Crippen LogP contribution in [0.2, 0.25) is 0 Å². The molecule has 0 amide bonds. The highest BCUT2D eigenvalue weighted by molar-refractivity contribution is 5.88. The minimum atomic E-state index is 0. The van der Waals surface area contributed by atoms with Crippen molar-refractivity contribution in [2.45, 2.75) is 45.4 Å². The number of nitrogens with zero attached hydrogens (tertiary/aromatic N) is 5. The number of para-hydroxylation sites is 1. The Morgan fingerprint density at radius 2 is 1.97 bits per heavy atom. The first-order valence-corrected chi connectivity index (χ1v) is 11.1. The second-order valence-electron chi connectivity index (χ2n) is 9.08. The number of nitrogens with two attached hydrogens (primary N) is 1. The average Bonchev–Trinajstić information content (AvgIpc) is 3.22. The number of anilines is 3. The van der Waals surface area contributed by atoms with Crippen LogP contribution in [0.4, 0.5) is 17.3 Å². The number of aromatic amines is 1. The molecule has 1 fully saturated rings. The van der Waals surface area contributed by atoms with Crippen LogP contribution in [0.1, 0.15) is 51.0 Å². The number of piperidine rings is 1. The Kier molecular flexibility index (Phi) is 6.08. The molecule has 4 heterocycles. The Morgan fingerprint density at radius 1 is 1.19 bits per heavy atom. The Hall–Kier alpha value is -2.38. The van der Waals surface area contributed by atoms with Crippen molar-refractivity contribution in [3.05, 3.63) is 36.0 Å². The van der Waals surface area contributed by atoms with Gasteiger partial charge in [-0.15, -0.1) is 12.4 Å². The summed E-state index contributed by atoms with van der Waals surface area (Å²) in [6.45, 7) is 8.17. The van der Waals surface area contributed by atoms with Gasteiger partial charge in [0.15, 0.2) is 17.0 Å². The Labute approximate surface area is 189 Å². The van der Waals surface area contributed by atoms with E-state index in [0.717, 1.165) is 74.7 Å². The van der Waals surface area contributed by atoms with Gasteiger partial charge in [-0.05, 0) is 55.2 Å². The van der Waals surface area contributed by atoms with Crippen LogP contribution in [0.15, 0.2) is 30.5 Å². The van der Waals surface area contributed by atoms with Crippen LogP contribution >= 0.6 is 12.4 Å². The normalized spacial score (nSPS) is 20.4. The third kappa shape index (κ3) is 3.85. The van der Waals surface area contributed by atoms with Gasteiger partial charge in [-0.2, -0.15) is 5.10 Å². The van der Waals surface area contributed by atoms with Gasteiger partial charge in [-0.25, -0.2) is 9.97 Å².